The summed E-state index contributed by atoms with van der Waals surface area (Å²) in [6.07, 6.45) is 0. The van der Waals surface area contributed by atoms with Crippen LogP contribution in [0.25, 0.3) is 0 Å². The van der Waals surface area contributed by atoms with E-state index in [0.717, 1.165) is 5.56 Å². The molecule has 0 spiro atoms. The molecule has 0 aromatic heterocycles. The fourth-order valence-corrected chi connectivity index (χ4v) is 1.59. The van der Waals surface area contributed by atoms with E-state index >= 15 is 0 Å². The number of ether oxygens (including phenoxy) is 1. The second kappa shape index (κ2) is 3.42. The predicted molar refractivity (Wildman–Crippen MR) is 49.4 cm³/mol. The fraction of sp³-hybridized carbons (Fsp3) is 0.250. The zero-order valence-corrected chi connectivity index (χ0v) is 8.20. The van der Waals surface area contributed by atoms with E-state index in [9.17, 15) is 5.11 Å². The molecule has 0 heterocycles. The third kappa shape index (κ3) is 1.45. The Bertz CT molecular complexity index is 310. The number of phenols is 1. The van der Waals surface area contributed by atoms with Crippen molar-refractivity contribution in [2.75, 3.05) is 7.11 Å². The highest BCUT2D eigenvalue weighted by atomic mass is 35.5. The van der Waals surface area contributed by atoms with Crippen LogP contribution >= 0.6 is 23.2 Å². The van der Waals surface area contributed by atoms with E-state index in [1.54, 1.807) is 13.0 Å². The number of hydrogen-bond donors (Lipinski definition) is 1. The Morgan fingerprint density at radius 1 is 1.42 bits per heavy atom. The first-order valence-electron chi connectivity index (χ1n) is 3.29. The third-order valence-corrected chi connectivity index (χ3v) is 2.18. The average molecular weight is 207 g/mol. The standard InChI is InChI=1S/C8H8Cl2O2/c1-4-3-5(9)7(11)6(10)8(4)12-2/h3,11H,1-2H3. The molecule has 1 N–H and O–H groups in total. The number of rotatable bonds is 1. The average Bonchev–Trinajstić information content (AvgIpc) is 2.01. The lowest BCUT2D eigenvalue weighted by Crippen LogP contribution is -1.88. The first-order chi connectivity index (χ1) is 5.57. The smallest absolute Gasteiger partial charge is 0.156 e. The van der Waals surface area contributed by atoms with Gasteiger partial charge in [-0.3, -0.25) is 0 Å². The quantitative estimate of drug-likeness (QED) is 0.766. The largest absolute Gasteiger partial charge is 0.505 e. The van der Waals surface area contributed by atoms with Crippen molar-refractivity contribution in [3.63, 3.8) is 0 Å². The van der Waals surface area contributed by atoms with Crippen LogP contribution in [0.5, 0.6) is 11.5 Å². The predicted octanol–water partition coefficient (Wildman–Crippen LogP) is 3.02. The van der Waals surface area contributed by atoms with Gasteiger partial charge in [0.25, 0.3) is 0 Å². The van der Waals surface area contributed by atoms with E-state index < -0.39 is 0 Å². The number of phenolic OH excluding ortho intramolecular Hbond substituents is 1. The number of halogens is 2. The van der Waals surface area contributed by atoms with Gasteiger partial charge in [0, 0.05) is 0 Å². The van der Waals surface area contributed by atoms with Gasteiger partial charge < -0.3 is 9.84 Å². The summed E-state index contributed by atoms with van der Waals surface area (Å²) >= 11 is 11.4. The van der Waals surface area contributed by atoms with Crippen LogP contribution in [0.2, 0.25) is 10.0 Å². The first-order valence-corrected chi connectivity index (χ1v) is 4.05. The summed E-state index contributed by atoms with van der Waals surface area (Å²) in [5, 5.41) is 9.69. The van der Waals surface area contributed by atoms with E-state index in [1.165, 1.54) is 7.11 Å². The van der Waals surface area contributed by atoms with Crippen LogP contribution < -0.4 is 4.74 Å². The monoisotopic (exact) mass is 206 g/mol. The molecular formula is C8H8Cl2O2. The highest BCUT2D eigenvalue weighted by Gasteiger charge is 2.12. The van der Waals surface area contributed by atoms with Gasteiger partial charge in [-0.2, -0.15) is 0 Å². The van der Waals surface area contributed by atoms with Crippen LogP contribution in [0.1, 0.15) is 5.56 Å². The molecule has 66 valence electrons. The molecule has 0 bridgehead atoms. The Labute approximate surface area is 80.7 Å². The second-order valence-corrected chi connectivity index (χ2v) is 3.16. The molecule has 2 nitrogen and oxygen atoms in total. The molecular weight excluding hydrogens is 199 g/mol. The lowest BCUT2D eigenvalue weighted by atomic mass is 10.2. The van der Waals surface area contributed by atoms with Gasteiger partial charge >= 0.3 is 0 Å². The molecule has 1 rings (SSSR count). The van der Waals surface area contributed by atoms with Crippen molar-refractivity contribution in [3.8, 4) is 11.5 Å². The molecule has 0 radical (unpaired) electrons. The molecule has 0 amide bonds. The molecule has 12 heavy (non-hydrogen) atoms. The molecule has 0 atom stereocenters. The summed E-state index contributed by atoms with van der Waals surface area (Å²) in [4.78, 5) is 0. The molecule has 0 aliphatic rings. The minimum absolute atomic E-state index is 0.138. The van der Waals surface area contributed by atoms with Gasteiger partial charge in [0.1, 0.15) is 10.8 Å². The molecule has 0 fully saturated rings. The van der Waals surface area contributed by atoms with Crippen molar-refractivity contribution in [2.24, 2.45) is 0 Å². The Hall–Kier alpha value is -0.600. The molecule has 1 aromatic carbocycles. The number of aryl methyl sites for hydroxylation is 1. The Balaban J connectivity index is 3.40. The van der Waals surface area contributed by atoms with Crippen molar-refractivity contribution >= 4 is 23.2 Å². The third-order valence-electron chi connectivity index (χ3n) is 1.54. The maximum atomic E-state index is 9.30. The van der Waals surface area contributed by atoms with Gasteiger partial charge in [-0.1, -0.05) is 23.2 Å². The molecule has 4 heteroatoms. The van der Waals surface area contributed by atoms with Gasteiger partial charge in [-0.05, 0) is 18.6 Å². The van der Waals surface area contributed by atoms with E-state index in [1.807, 2.05) is 0 Å². The molecule has 0 aliphatic heterocycles. The Kier molecular flexibility index (Phi) is 2.70. The fourth-order valence-electron chi connectivity index (χ4n) is 0.960. The van der Waals surface area contributed by atoms with Crippen molar-refractivity contribution in [2.45, 2.75) is 6.92 Å². The Morgan fingerprint density at radius 3 is 2.50 bits per heavy atom. The van der Waals surface area contributed by atoms with E-state index in [-0.39, 0.29) is 15.8 Å². The maximum absolute atomic E-state index is 9.30. The zero-order valence-electron chi connectivity index (χ0n) is 6.69. The summed E-state index contributed by atoms with van der Waals surface area (Å²) in [5.41, 5.74) is 0.797. The lowest BCUT2D eigenvalue weighted by molar-refractivity contribution is 0.405. The molecule has 0 saturated heterocycles. The normalized spacial score (nSPS) is 10.0. The summed E-state index contributed by atoms with van der Waals surface area (Å²) in [6, 6.07) is 1.60. The molecule has 0 unspecified atom stereocenters. The molecule has 0 saturated carbocycles. The van der Waals surface area contributed by atoms with Crippen molar-refractivity contribution in [1.82, 2.24) is 0 Å². The van der Waals surface area contributed by atoms with E-state index in [2.05, 4.69) is 0 Å². The highest BCUT2D eigenvalue weighted by Crippen LogP contribution is 2.40. The van der Waals surface area contributed by atoms with E-state index in [4.69, 9.17) is 27.9 Å². The van der Waals surface area contributed by atoms with Crippen LogP contribution in [0.4, 0.5) is 0 Å². The van der Waals surface area contributed by atoms with Crippen LogP contribution in [0.15, 0.2) is 6.07 Å². The van der Waals surface area contributed by atoms with Crippen LogP contribution in [0, 0.1) is 6.92 Å². The number of methoxy groups -OCH3 is 1. The van der Waals surface area contributed by atoms with Gasteiger partial charge in [-0.15, -0.1) is 0 Å². The minimum Gasteiger partial charge on any atom is -0.505 e. The highest BCUT2D eigenvalue weighted by molar-refractivity contribution is 6.38. The SMILES string of the molecule is COc1c(C)cc(Cl)c(O)c1Cl. The van der Waals surface area contributed by atoms with Crippen molar-refractivity contribution in [3.05, 3.63) is 21.7 Å². The summed E-state index contributed by atoms with van der Waals surface area (Å²) in [6.45, 7) is 1.80. The second-order valence-electron chi connectivity index (χ2n) is 2.37. The topological polar surface area (TPSA) is 29.5 Å². The summed E-state index contributed by atoms with van der Waals surface area (Å²) in [7, 11) is 1.49. The van der Waals surface area contributed by atoms with Crippen LogP contribution in [-0.4, -0.2) is 12.2 Å². The van der Waals surface area contributed by atoms with Crippen LogP contribution in [0.3, 0.4) is 0 Å². The van der Waals surface area contributed by atoms with Gasteiger partial charge in [0.15, 0.2) is 5.75 Å². The van der Waals surface area contributed by atoms with Crippen molar-refractivity contribution in [1.29, 1.82) is 0 Å². The lowest BCUT2D eigenvalue weighted by Gasteiger charge is -2.08. The first kappa shape index (κ1) is 9.49. The van der Waals surface area contributed by atoms with Gasteiger partial charge in [0.2, 0.25) is 0 Å². The van der Waals surface area contributed by atoms with Gasteiger partial charge in [-0.25, -0.2) is 0 Å². The van der Waals surface area contributed by atoms with Crippen molar-refractivity contribution < 1.29 is 9.84 Å². The Morgan fingerprint density at radius 2 is 2.00 bits per heavy atom. The molecule has 1 aromatic rings. The molecule has 0 aliphatic carbocycles. The number of hydrogen-bond acceptors (Lipinski definition) is 2. The summed E-state index contributed by atoms with van der Waals surface area (Å²) in [5.74, 6) is 0.319. The van der Waals surface area contributed by atoms with E-state index in [0.29, 0.717) is 5.75 Å². The minimum atomic E-state index is -0.138. The van der Waals surface area contributed by atoms with Gasteiger partial charge in [0.05, 0.1) is 12.1 Å². The maximum Gasteiger partial charge on any atom is 0.156 e. The van der Waals surface area contributed by atoms with Crippen LogP contribution in [-0.2, 0) is 0 Å². The zero-order chi connectivity index (χ0) is 9.30. The summed E-state index contributed by atoms with van der Waals surface area (Å²) < 4.78 is 4.96. The number of benzene rings is 1. The number of aromatic hydroxyl groups is 1.